The first-order valence-electron chi connectivity index (χ1n) is 11.3. The fourth-order valence-electron chi connectivity index (χ4n) is 3.92. The summed E-state index contributed by atoms with van der Waals surface area (Å²) in [4.78, 5) is 28.4. The van der Waals surface area contributed by atoms with Crippen LogP contribution in [0.3, 0.4) is 0 Å². The van der Waals surface area contributed by atoms with Crippen molar-refractivity contribution < 1.29 is 19.1 Å². The molecule has 0 radical (unpaired) electrons. The lowest BCUT2D eigenvalue weighted by Crippen LogP contribution is -2.52. The molecule has 6 nitrogen and oxygen atoms in total. The van der Waals surface area contributed by atoms with E-state index < -0.39 is 6.04 Å². The summed E-state index contributed by atoms with van der Waals surface area (Å²) in [6.45, 7) is 5.30. The number of hydrogen-bond donors (Lipinski definition) is 1. The van der Waals surface area contributed by atoms with Crippen molar-refractivity contribution in [2.24, 2.45) is 5.92 Å². The van der Waals surface area contributed by atoms with Crippen LogP contribution in [0.2, 0.25) is 0 Å². The van der Waals surface area contributed by atoms with Gasteiger partial charge in [0, 0.05) is 32.0 Å². The fourth-order valence-corrected chi connectivity index (χ4v) is 3.92. The minimum atomic E-state index is -0.615. The van der Waals surface area contributed by atoms with E-state index in [0.717, 1.165) is 36.3 Å². The van der Waals surface area contributed by atoms with Gasteiger partial charge in [0.15, 0.2) is 0 Å². The summed E-state index contributed by atoms with van der Waals surface area (Å²) in [6.07, 6.45) is 2.47. The van der Waals surface area contributed by atoms with Crippen LogP contribution in [0.5, 0.6) is 5.75 Å². The minimum absolute atomic E-state index is 0.0472. The molecule has 0 aliphatic carbocycles. The number of carbonyl (C=O) groups excluding carboxylic acids is 2. The largest absolute Gasteiger partial charge is 0.497 e. The van der Waals surface area contributed by atoms with Crippen LogP contribution in [0, 0.1) is 5.92 Å². The van der Waals surface area contributed by atoms with Crippen molar-refractivity contribution in [1.82, 2.24) is 10.2 Å². The highest BCUT2D eigenvalue weighted by molar-refractivity contribution is 5.88. The zero-order valence-electron chi connectivity index (χ0n) is 19.3. The second-order valence-corrected chi connectivity index (χ2v) is 8.55. The summed E-state index contributed by atoms with van der Waals surface area (Å²) in [6, 6.07) is 16.8. The van der Waals surface area contributed by atoms with Gasteiger partial charge in [-0.05, 0) is 36.1 Å². The maximum absolute atomic E-state index is 13.4. The van der Waals surface area contributed by atoms with Crippen LogP contribution in [-0.2, 0) is 27.3 Å². The molecule has 2 aromatic rings. The predicted octanol–water partition coefficient (Wildman–Crippen LogP) is 3.59. The van der Waals surface area contributed by atoms with Gasteiger partial charge in [0.2, 0.25) is 11.8 Å². The van der Waals surface area contributed by atoms with Crippen LogP contribution >= 0.6 is 0 Å². The van der Waals surface area contributed by atoms with Gasteiger partial charge in [0.25, 0.3) is 0 Å². The van der Waals surface area contributed by atoms with E-state index in [-0.39, 0.29) is 23.8 Å². The van der Waals surface area contributed by atoms with Gasteiger partial charge in [0.1, 0.15) is 11.8 Å². The summed E-state index contributed by atoms with van der Waals surface area (Å²) in [5.41, 5.74) is 1.96. The van der Waals surface area contributed by atoms with Crippen molar-refractivity contribution in [3.8, 4) is 5.75 Å². The standard InChI is InChI=1S/C26H34N2O4/c1-19(2)26(30)28(18-21-11-13-22(31-3)14-12-21)24(16-20-8-5-4-6-9-20)25(29)27-17-23-10-7-15-32-23/h4-6,8-9,11-14,19,23-24H,7,10,15-18H2,1-3H3,(H,27,29)/t23-,24+/m0/s1. The van der Waals surface area contributed by atoms with E-state index in [0.29, 0.717) is 19.5 Å². The lowest BCUT2D eigenvalue weighted by molar-refractivity contribution is -0.143. The first-order valence-corrected chi connectivity index (χ1v) is 11.3. The number of hydrogen-bond acceptors (Lipinski definition) is 4. The van der Waals surface area contributed by atoms with Crippen LogP contribution in [0.4, 0.5) is 0 Å². The van der Waals surface area contributed by atoms with Gasteiger partial charge >= 0.3 is 0 Å². The molecule has 0 unspecified atom stereocenters. The molecule has 2 amide bonds. The van der Waals surface area contributed by atoms with Crippen molar-refractivity contribution in [3.05, 3.63) is 65.7 Å². The normalized spacial score (nSPS) is 16.6. The van der Waals surface area contributed by atoms with E-state index in [1.54, 1.807) is 12.0 Å². The number of methoxy groups -OCH3 is 1. The summed E-state index contributed by atoms with van der Waals surface area (Å²) in [5.74, 6) is 0.337. The van der Waals surface area contributed by atoms with Gasteiger partial charge in [-0.15, -0.1) is 0 Å². The fraction of sp³-hybridized carbons (Fsp3) is 0.462. The van der Waals surface area contributed by atoms with Crippen LogP contribution in [0.1, 0.15) is 37.8 Å². The predicted molar refractivity (Wildman–Crippen MR) is 124 cm³/mol. The lowest BCUT2D eigenvalue weighted by atomic mass is 10.0. The molecular weight excluding hydrogens is 404 g/mol. The van der Waals surface area contributed by atoms with E-state index in [2.05, 4.69) is 5.32 Å². The van der Waals surface area contributed by atoms with Gasteiger partial charge in [-0.2, -0.15) is 0 Å². The molecule has 1 heterocycles. The first kappa shape index (κ1) is 23.8. The van der Waals surface area contributed by atoms with E-state index >= 15 is 0 Å². The molecule has 1 aliphatic heterocycles. The maximum Gasteiger partial charge on any atom is 0.243 e. The van der Waals surface area contributed by atoms with E-state index in [9.17, 15) is 9.59 Å². The number of nitrogens with zero attached hydrogens (tertiary/aromatic N) is 1. The Morgan fingerprint density at radius 1 is 1.09 bits per heavy atom. The molecule has 3 rings (SSSR count). The highest BCUT2D eigenvalue weighted by Gasteiger charge is 2.32. The Bertz CT molecular complexity index is 861. The average molecular weight is 439 g/mol. The molecule has 1 N–H and O–H groups in total. The highest BCUT2D eigenvalue weighted by Crippen LogP contribution is 2.19. The van der Waals surface area contributed by atoms with E-state index in [4.69, 9.17) is 9.47 Å². The van der Waals surface area contributed by atoms with E-state index in [1.807, 2.05) is 68.4 Å². The molecule has 0 aromatic heterocycles. The molecule has 1 fully saturated rings. The molecule has 6 heteroatoms. The summed E-state index contributed by atoms with van der Waals surface area (Å²) >= 11 is 0. The zero-order valence-corrected chi connectivity index (χ0v) is 19.3. The molecule has 32 heavy (non-hydrogen) atoms. The Labute approximate surface area is 190 Å². The summed E-state index contributed by atoms with van der Waals surface area (Å²) in [7, 11) is 1.62. The third-order valence-corrected chi connectivity index (χ3v) is 5.77. The molecule has 0 bridgehead atoms. The second-order valence-electron chi connectivity index (χ2n) is 8.55. The topological polar surface area (TPSA) is 67.9 Å². The quantitative estimate of drug-likeness (QED) is 0.616. The monoisotopic (exact) mass is 438 g/mol. The smallest absolute Gasteiger partial charge is 0.243 e. The molecule has 172 valence electrons. The summed E-state index contributed by atoms with van der Waals surface area (Å²) in [5, 5.41) is 3.05. The Morgan fingerprint density at radius 3 is 2.41 bits per heavy atom. The number of carbonyl (C=O) groups is 2. The Morgan fingerprint density at radius 2 is 1.81 bits per heavy atom. The van der Waals surface area contributed by atoms with Crippen LogP contribution in [0.25, 0.3) is 0 Å². The van der Waals surface area contributed by atoms with Crippen LogP contribution < -0.4 is 10.1 Å². The van der Waals surface area contributed by atoms with Gasteiger partial charge in [-0.25, -0.2) is 0 Å². The third kappa shape index (κ3) is 6.57. The van der Waals surface area contributed by atoms with Gasteiger partial charge in [0.05, 0.1) is 13.2 Å². The van der Waals surface area contributed by atoms with Crippen LogP contribution in [-0.4, -0.2) is 49.1 Å². The highest BCUT2D eigenvalue weighted by atomic mass is 16.5. The number of benzene rings is 2. The van der Waals surface area contributed by atoms with Gasteiger partial charge < -0.3 is 19.7 Å². The summed E-state index contributed by atoms with van der Waals surface area (Å²) < 4.78 is 10.9. The number of amides is 2. The number of ether oxygens (including phenoxy) is 2. The SMILES string of the molecule is COc1ccc(CN(C(=O)C(C)C)[C@H](Cc2ccccc2)C(=O)NC[C@@H]2CCCO2)cc1. The minimum Gasteiger partial charge on any atom is -0.497 e. The lowest BCUT2D eigenvalue weighted by Gasteiger charge is -2.33. The maximum atomic E-state index is 13.4. The van der Waals surface area contributed by atoms with Crippen molar-refractivity contribution in [1.29, 1.82) is 0 Å². The van der Waals surface area contributed by atoms with E-state index in [1.165, 1.54) is 0 Å². The zero-order chi connectivity index (χ0) is 22.9. The average Bonchev–Trinajstić information content (AvgIpc) is 3.34. The van der Waals surface area contributed by atoms with Gasteiger partial charge in [-0.1, -0.05) is 56.3 Å². The van der Waals surface area contributed by atoms with Crippen LogP contribution in [0.15, 0.2) is 54.6 Å². The number of nitrogens with one attached hydrogen (secondary N) is 1. The molecule has 2 aromatic carbocycles. The Hall–Kier alpha value is -2.86. The Balaban J connectivity index is 1.85. The molecule has 2 atom stereocenters. The number of rotatable bonds is 10. The molecule has 1 aliphatic rings. The Kier molecular flexibility index (Phi) is 8.68. The van der Waals surface area contributed by atoms with Crippen molar-refractivity contribution in [3.63, 3.8) is 0 Å². The third-order valence-electron chi connectivity index (χ3n) is 5.77. The molecular formula is C26H34N2O4. The van der Waals surface area contributed by atoms with Crippen molar-refractivity contribution >= 4 is 11.8 Å². The first-order chi connectivity index (χ1) is 15.5. The molecule has 0 spiro atoms. The van der Waals surface area contributed by atoms with Gasteiger partial charge in [-0.3, -0.25) is 9.59 Å². The van der Waals surface area contributed by atoms with Crippen molar-refractivity contribution in [2.75, 3.05) is 20.3 Å². The molecule has 0 saturated carbocycles. The van der Waals surface area contributed by atoms with Crippen molar-refractivity contribution in [2.45, 2.75) is 51.8 Å². The second kappa shape index (κ2) is 11.7. The molecule has 1 saturated heterocycles.